The number of benzene rings is 1. The first kappa shape index (κ1) is 27.0. The molecule has 2 aromatic rings. The van der Waals surface area contributed by atoms with Crippen LogP contribution in [0.1, 0.15) is 90.1 Å². The van der Waals surface area contributed by atoms with Gasteiger partial charge in [-0.3, -0.25) is 0 Å². The third-order valence-electron chi connectivity index (χ3n) is 9.27. The molecule has 216 valence electrons. The topological polar surface area (TPSA) is 86.1 Å². The number of imidazole rings is 1. The van der Waals surface area contributed by atoms with Gasteiger partial charge in [0.25, 0.3) is 0 Å². The van der Waals surface area contributed by atoms with Crippen molar-refractivity contribution in [3.63, 3.8) is 0 Å². The van der Waals surface area contributed by atoms with Gasteiger partial charge in [-0.25, -0.2) is 14.6 Å². The van der Waals surface area contributed by atoms with E-state index in [2.05, 4.69) is 17.7 Å². The van der Waals surface area contributed by atoms with Gasteiger partial charge in [0.05, 0.1) is 18.0 Å². The monoisotopic (exact) mass is 550 g/mol. The van der Waals surface area contributed by atoms with E-state index in [1.54, 1.807) is 4.90 Å². The van der Waals surface area contributed by atoms with Crippen molar-refractivity contribution in [3.8, 4) is 17.0 Å². The maximum absolute atomic E-state index is 13.2. The molecule has 2 saturated heterocycles. The van der Waals surface area contributed by atoms with Crippen LogP contribution in [-0.2, 0) is 22.1 Å². The lowest BCUT2D eigenvalue weighted by molar-refractivity contribution is -0.0480. The van der Waals surface area contributed by atoms with Gasteiger partial charge in [-0.15, -0.1) is 0 Å². The summed E-state index contributed by atoms with van der Waals surface area (Å²) in [5.41, 5.74) is 1.88. The number of carbonyl (C=O) groups excluding carboxylic acids is 2. The second kappa shape index (κ2) is 9.70. The van der Waals surface area contributed by atoms with Gasteiger partial charge in [-0.05, 0) is 71.9 Å². The highest BCUT2D eigenvalue weighted by atomic mass is 16.6. The van der Waals surface area contributed by atoms with Gasteiger partial charge in [0, 0.05) is 56.5 Å². The van der Waals surface area contributed by atoms with E-state index in [-0.39, 0.29) is 23.6 Å². The van der Waals surface area contributed by atoms with E-state index in [1.165, 1.54) is 0 Å². The molecule has 1 aliphatic carbocycles. The number of ether oxygens (including phenoxy) is 3. The number of fused-ring (bicyclic) bond motifs is 4. The van der Waals surface area contributed by atoms with Crippen LogP contribution in [0, 0.1) is 0 Å². The highest BCUT2D eigenvalue weighted by Crippen LogP contribution is 2.53. The quantitative estimate of drug-likeness (QED) is 0.458. The molecule has 40 heavy (non-hydrogen) atoms. The van der Waals surface area contributed by atoms with Gasteiger partial charge in [0.2, 0.25) is 0 Å². The van der Waals surface area contributed by atoms with Crippen LogP contribution >= 0.6 is 0 Å². The number of nitrogens with zero attached hydrogens (tertiary/aromatic N) is 4. The summed E-state index contributed by atoms with van der Waals surface area (Å²) in [7, 11) is 2.12. The summed E-state index contributed by atoms with van der Waals surface area (Å²) in [6, 6.07) is 8.14. The molecule has 3 fully saturated rings. The molecule has 4 aliphatic rings. The highest BCUT2D eigenvalue weighted by Gasteiger charge is 2.52. The summed E-state index contributed by atoms with van der Waals surface area (Å²) in [5.74, 6) is 2.14. The highest BCUT2D eigenvalue weighted by molar-refractivity contribution is 5.74. The van der Waals surface area contributed by atoms with Crippen molar-refractivity contribution >= 4 is 12.2 Å². The van der Waals surface area contributed by atoms with E-state index in [4.69, 9.17) is 19.2 Å². The van der Waals surface area contributed by atoms with Crippen LogP contribution in [-0.4, -0.2) is 68.9 Å². The van der Waals surface area contributed by atoms with E-state index < -0.39 is 11.2 Å². The Balaban J connectivity index is 1.32. The van der Waals surface area contributed by atoms with Crippen LogP contribution in [0.2, 0.25) is 0 Å². The Morgan fingerprint density at radius 1 is 1.07 bits per heavy atom. The van der Waals surface area contributed by atoms with E-state index in [0.29, 0.717) is 39.1 Å². The van der Waals surface area contributed by atoms with Crippen LogP contribution in [0.4, 0.5) is 9.59 Å². The lowest BCUT2D eigenvalue weighted by Gasteiger charge is -2.54. The Bertz CT molecular complexity index is 1300. The molecule has 0 N–H and O–H groups in total. The lowest BCUT2D eigenvalue weighted by atomic mass is 9.67. The van der Waals surface area contributed by atoms with Crippen LogP contribution in [0.3, 0.4) is 0 Å². The molecule has 4 heterocycles. The molecular weight excluding hydrogens is 508 g/mol. The van der Waals surface area contributed by atoms with Crippen molar-refractivity contribution in [3.05, 3.63) is 35.8 Å². The van der Waals surface area contributed by atoms with Crippen molar-refractivity contribution in [1.29, 1.82) is 0 Å². The maximum Gasteiger partial charge on any atom is 0.410 e. The number of amides is 2. The third kappa shape index (κ3) is 4.41. The Morgan fingerprint density at radius 2 is 1.80 bits per heavy atom. The number of para-hydroxylation sites is 1. The molecular formula is C31H42N4O5. The first-order chi connectivity index (χ1) is 19.1. The summed E-state index contributed by atoms with van der Waals surface area (Å²) in [5, 5.41) is 0. The number of piperidine rings is 2. The fourth-order valence-corrected chi connectivity index (χ4v) is 7.28. The SMILES string of the molecule is CCOC(=O)N1CCC2(CC1)Oc1ccccc1-c1nc(C3CCN(C(=O)OC(C)(C)C)C4(CCC4)C3)n(C)c12. The second-order valence-electron chi connectivity index (χ2n) is 12.9. The zero-order valence-corrected chi connectivity index (χ0v) is 24.5. The van der Waals surface area contributed by atoms with E-state index in [1.807, 2.05) is 50.8 Å². The number of hydrogen-bond donors (Lipinski definition) is 0. The minimum absolute atomic E-state index is 0.158. The van der Waals surface area contributed by atoms with Crippen molar-refractivity contribution in [2.24, 2.45) is 7.05 Å². The first-order valence-electron chi connectivity index (χ1n) is 14.8. The van der Waals surface area contributed by atoms with Gasteiger partial charge >= 0.3 is 12.2 Å². The summed E-state index contributed by atoms with van der Waals surface area (Å²) >= 11 is 0. The molecule has 3 aliphatic heterocycles. The summed E-state index contributed by atoms with van der Waals surface area (Å²) < 4.78 is 20.2. The van der Waals surface area contributed by atoms with Gasteiger partial charge in [-0.1, -0.05) is 12.1 Å². The van der Waals surface area contributed by atoms with Crippen LogP contribution in [0.15, 0.2) is 24.3 Å². The third-order valence-corrected chi connectivity index (χ3v) is 9.27. The largest absolute Gasteiger partial charge is 0.480 e. The van der Waals surface area contributed by atoms with Crippen LogP contribution in [0.5, 0.6) is 5.75 Å². The molecule has 1 aromatic carbocycles. The van der Waals surface area contributed by atoms with Crippen molar-refractivity contribution in [2.45, 2.75) is 95.3 Å². The Kier molecular flexibility index (Phi) is 6.54. The fraction of sp³-hybridized carbons (Fsp3) is 0.645. The number of aromatic nitrogens is 2. The number of likely N-dealkylation sites (tertiary alicyclic amines) is 2. The zero-order valence-electron chi connectivity index (χ0n) is 24.5. The molecule has 1 saturated carbocycles. The normalized spacial score (nSPS) is 22.7. The molecule has 9 nitrogen and oxygen atoms in total. The average molecular weight is 551 g/mol. The van der Waals surface area contributed by atoms with Gasteiger partial charge < -0.3 is 28.6 Å². The molecule has 1 unspecified atom stereocenters. The number of hydrogen-bond acceptors (Lipinski definition) is 6. The van der Waals surface area contributed by atoms with Gasteiger partial charge in [0.1, 0.15) is 17.2 Å². The molecule has 2 spiro atoms. The molecule has 0 bridgehead atoms. The minimum atomic E-state index is -0.557. The number of rotatable bonds is 2. The predicted molar refractivity (Wildman–Crippen MR) is 150 cm³/mol. The molecule has 2 amide bonds. The molecule has 0 radical (unpaired) electrons. The average Bonchev–Trinajstić information content (AvgIpc) is 3.25. The smallest absolute Gasteiger partial charge is 0.410 e. The van der Waals surface area contributed by atoms with Crippen molar-refractivity contribution in [1.82, 2.24) is 19.4 Å². The fourth-order valence-electron chi connectivity index (χ4n) is 7.28. The van der Waals surface area contributed by atoms with E-state index in [9.17, 15) is 9.59 Å². The van der Waals surface area contributed by atoms with Crippen molar-refractivity contribution < 1.29 is 23.8 Å². The molecule has 9 heteroatoms. The number of carbonyl (C=O) groups is 2. The predicted octanol–water partition coefficient (Wildman–Crippen LogP) is 5.96. The first-order valence-corrected chi connectivity index (χ1v) is 14.8. The van der Waals surface area contributed by atoms with E-state index >= 15 is 0 Å². The summed E-state index contributed by atoms with van der Waals surface area (Å²) in [6.07, 6.45) is 5.77. The van der Waals surface area contributed by atoms with Gasteiger partial charge in [-0.2, -0.15) is 0 Å². The molecule has 1 aromatic heterocycles. The maximum atomic E-state index is 13.2. The molecule has 6 rings (SSSR count). The van der Waals surface area contributed by atoms with Gasteiger partial charge in [0.15, 0.2) is 5.60 Å². The van der Waals surface area contributed by atoms with E-state index in [0.717, 1.165) is 60.6 Å². The summed E-state index contributed by atoms with van der Waals surface area (Å²) in [4.78, 5) is 34.8. The van der Waals surface area contributed by atoms with Crippen molar-refractivity contribution in [2.75, 3.05) is 26.2 Å². The zero-order chi connectivity index (χ0) is 28.3. The standard InChI is InChI=1S/C31H42N4O5/c1-6-38-27(36)34-18-15-31(16-19-34)25-24(22-10-7-8-11-23(22)39-31)32-26(33(25)5)21-12-17-35(28(37)40-29(2,3)4)30(20-21)13-9-14-30/h7-8,10-11,21H,6,9,12-20H2,1-5H3. The molecule has 1 atom stereocenters. The lowest BCUT2D eigenvalue weighted by Crippen LogP contribution is -2.60. The second-order valence-corrected chi connectivity index (χ2v) is 12.9. The van der Waals surface area contributed by atoms with Crippen LogP contribution in [0.25, 0.3) is 11.3 Å². The van der Waals surface area contributed by atoms with Crippen LogP contribution < -0.4 is 4.74 Å². The summed E-state index contributed by atoms with van der Waals surface area (Å²) in [6.45, 7) is 9.79. The minimum Gasteiger partial charge on any atom is -0.480 e. The Labute approximate surface area is 236 Å². The Hall–Kier alpha value is -3.23. The Morgan fingerprint density at radius 3 is 2.45 bits per heavy atom.